The Labute approximate surface area is 95.6 Å². The van der Waals surface area contributed by atoms with E-state index in [-0.39, 0.29) is 18.0 Å². The predicted octanol–water partition coefficient (Wildman–Crippen LogP) is 1.41. The fraction of sp³-hybridized carbons (Fsp3) is 0.300. The molecule has 0 atom stereocenters. The van der Waals surface area contributed by atoms with Gasteiger partial charge in [-0.05, 0) is 18.2 Å². The van der Waals surface area contributed by atoms with Crippen molar-refractivity contribution in [2.24, 2.45) is 0 Å². The van der Waals surface area contributed by atoms with Gasteiger partial charge in [0.05, 0.1) is 11.3 Å². The average molecular weight is 248 g/mol. The minimum Gasteiger partial charge on any atom is -0.482 e. The molecule has 0 heterocycles. The molecule has 1 amide bonds. The molecule has 0 unspecified atom stereocenters. The number of amides is 1. The van der Waals surface area contributed by atoms with Crippen molar-refractivity contribution in [3.05, 3.63) is 23.8 Å². The van der Waals surface area contributed by atoms with Crippen molar-refractivity contribution < 1.29 is 22.7 Å². The lowest BCUT2D eigenvalue weighted by atomic mass is 10.2. The standard InChI is InChI=1S/C10H11F3N2O2/c1-15-9(16)5-17-8-3-2-6(4-7(8)14)10(11,12)13/h2-4H,5,14H2,1H3,(H,15,16). The molecular weight excluding hydrogens is 237 g/mol. The molecule has 0 saturated carbocycles. The summed E-state index contributed by atoms with van der Waals surface area (Å²) in [5.74, 6) is -0.356. The van der Waals surface area contributed by atoms with Crippen molar-refractivity contribution in [2.75, 3.05) is 19.4 Å². The molecule has 0 fully saturated rings. The van der Waals surface area contributed by atoms with Gasteiger partial charge in [-0.3, -0.25) is 4.79 Å². The molecule has 3 N–H and O–H groups in total. The number of carbonyl (C=O) groups is 1. The SMILES string of the molecule is CNC(=O)COc1ccc(C(F)(F)F)cc1N. The van der Waals surface area contributed by atoms with Gasteiger partial charge in [-0.2, -0.15) is 13.2 Å². The third-order valence-corrected chi connectivity index (χ3v) is 1.97. The predicted molar refractivity (Wildman–Crippen MR) is 55.4 cm³/mol. The molecule has 0 radical (unpaired) electrons. The van der Waals surface area contributed by atoms with Crippen LogP contribution in [0.4, 0.5) is 18.9 Å². The third kappa shape index (κ3) is 3.54. The summed E-state index contributed by atoms with van der Waals surface area (Å²) in [6, 6.07) is 2.69. The number of halogens is 3. The number of benzene rings is 1. The number of hydrogen-bond donors (Lipinski definition) is 2. The molecule has 0 saturated heterocycles. The van der Waals surface area contributed by atoms with Crippen LogP contribution in [0.3, 0.4) is 0 Å². The van der Waals surface area contributed by atoms with Crippen LogP contribution in [-0.2, 0) is 11.0 Å². The largest absolute Gasteiger partial charge is 0.482 e. The quantitative estimate of drug-likeness (QED) is 0.795. The van der Waals surface area contributed by atoms with Gasteiger partial charge in [0, 0.05) is 7.05 Å². The molecule has 0 aliphatic carbocycles. The Bertz CT molecular complexity index is 419. The first-order chi connectivity index (χ1) is 7.84. The molecule has 0 spiro atoms. The fourth-order valence-electron chi connectivity index (χ4n) is 1.07. The summed E-state index contributed by atoms with van der Waals surface area (Å²) in [5, 5.41) is 2.31. The van der Waals surface area contributed by atoms with Gasteiger partial charge in [0.1, 0.15) is 5.75 Å². The summed E-state index contributed by atoms with van der Waals surface area (Å²) in [6.07, 6.45) is -4.45. The Hall–Kier alpha value is -1.92. The second kappa shape index (κ2) is 4.94. The van der Waals surface area contributed by atoms with Gasteiger partial charge < -0.3 is 15.8 Å². The van der Waals surface area contributed by atoms with E-state index in [1.165, 1.54) is 7.05 Å². The highest BCUT2D eigenvalue weighted by atomic mass is 19.4. The number of ether oxygens (including phenoxy) is 1. The van der Waals surface area contributed by atoms with Crippen molar-refractivity contribution in [3.8, 4) is 5.75 Å². The minimum atomic E-state index is -4.45. The number of anilines is 1. The number of rotatable bonds is 3. The first kappa shape index (κ1) is 13.1. The normalized spacial score (nSPS) is 11.1. The highest BCUT2D eigenvalue weighted by Crippen LogP contribution is 2.33. The molecule has 94 valence electrons. The lowest BCUT2D eigenvalue weighted by Crippen LogP contribution is -2.25. The van der Waals surface area contributed by atoms with E-state index in [9.17, 15) is 18.0 Å². The number of alkyl halides is 3. The van der Waals surface area contributed by atoms with Crippen LogP contribution < -0.4 is 15.8 Å². The maximum Gasteiger partial charge on any atom is 0.416 e. The van der Waals surface area contributed by atoms with Gasteiger partial charge in [-0.1, -0.05) is 0 Å². The number of likely N-dealkylation sites (N-methyl/N-ethyl adjacent to an activating group) is 1. The van der Waals surface area contributed by atoms with Gasteiger partial charge in [-0.25, -0.2) is 0 Å². The fourth-order valence-corrected chi connectivity index (χ4v) is 1.07. The topological polar surface area (TPSA) is 64.3 Å². The zero-order chi connectivity index (χ0) is 13.1. The van der Waals surface area contributed by atoms with Crippen molar-refractivity contribution in [1.82, 2.24) is 5.32 Å². The molecule has 0 aromatic heterocycles. The number of nitrogens with one attached hydrogen (secondary N) is 1. The van der Waals surface area contributed by atoms with E-state index < -0.39 is 17.6 Å². The van der Waals surface area contributed by atoms with Crippen LogP contribution in [0, 0.1) is 0 Å². The van der Waals surface area contributed by atoms with E-state index in [0.717, 1.165) is 18.2 Å². The lowest BCUT2D eigenvalue weighted by molar-refractivity contribution is -0.137. The Morgan fingerprint density at radius 3 is 2.59 bits per heavy atom. The van der Waals surface area contributed by atoms with Gasteiger partial charge in [0.25, 0.3) is 5.91 Å². The molecule has 1 aromatic rings. The maximum atomic E-state index is 12.3. The molecule has 1 aromatic carbocycles. The van der Waals surface area contributed by atoms with E-state index in [4.69, 9.17) is 10.5 Å². The van der Waals surface area contributed by atoms with Crippen LogP contribution in [0.1, 0.15) is 5.56 Å². The highest BCUT2D eigenvalue weighted by Gasteiger charge is 2.30. The van der Waals surface area contributed by atoms with E-state index >= 15 is 0 Å². The highest BCUT2D eigenvalue weighted by molar-refractivity contribution is 5.77. The number of carbonyl (C=O) groups excluding carboxylic acids is 1. The monoisotopic (exact) mass is 248 g/mol. The molecule has 0 aliphatic heterocycles. The second-order valence-electron chi connectivity index (χ2n) is 3.21. The van der Waals surface area contributed by atoms with Crippen molar-refractivity contribution in [2.45, 2.75) is 6.18 Å². The summed E-state index contributed by atoms with van der Waals surface area (Å²) in [7, 11) is 1.42. The molecule has 0 bridgehead atoms. The van der Waals surface area contributed by atoms with Gasteiger partial charge in [-0.15, -0.1) is 0 Å². The van der Waals surface area contributed by atoms with Gasteiger partial charge in [0.15, 0.2) is 6.61 Å². The van der Waals surface area contributed by atoms with Crippen molar-refractivity contribution in [1.29, 1.82) is 0 Å². The van der Waals surface area contributed by atoms with Crippen LogP contribution in [0.25, 0.3) is 0 Å². The van der Waals surface area contributed by atoms with E-state index in [1.807, 2.05) is 0 Å². The Balaban J connectivity index is 2.80. The number of hydrogen-bond acceptors (Lipinski definition) is 3. The van der Waals surface area contributed by atoms with Crippen LogP contribution >= 0.6 is 0 Å². The molecular formula is C10H11F3N2O2. The first-order valence-electron chi connectivity index (χ1n) is 4.64. The minimum absolute atomic E-state index is 0.0431. The van der Waals surface area contributed by atoms with Gasteiger partial charge >= 0.3 is 6.18 Å². The van der Waals surface area contributed by atoms with Crippen molar-refractivity contribution in [3.63, 3.8) is 0 Å². The van der Waals surface area contributed by atoms with E-state index in [1.54, 1.807) is 0 Å². The maximum absolute atomic E-state index is 12.3. The molecule has 4 nitrogen and oxygen atoms in total. The van der Waals surface area contributed by atoms with E-state index in [0.29, 0.717) is 0 Å². The molecule has 0 aliphatic rings. The summed E-state index contributed by atoms with van der Waals surface area (Å²) < 4.78 is 41.9. The third-order valence-electron chi connectivity index (χ3n) is 1.97. The Morgan fingerprint density at radius 1 is 1.47 bits per heavy atom. The van der Waals surface area contributed by atoms with Crippen LogP contribution in [0.5, 0.6) is 5.75 Å². The molecule has 17 heavy (non-hydrogen) atoms. The summed E-state index contributed by atoms with van der Waals surface area (Å²) in [5.41, 5.74) is 4.37. The van der Waals surface area contributed by atoms with E-state index in [2.05, 4.69) is 5.32 Å². The zero-order valence-corrected chi connectivity index (χ0v) is 8.97. The summed E-state index contributed by atoms with van der Waals surface area (Å²) >= 11 is 0. The Morgan fingerprint density at radius 2 is 2.12 bits per heavy atom. The number of nitrogens with two attached hydrogens (primary N) is 1. The van der Waals surface area contributed by atoms with Gasteiger partial charge in [0.2, 0.25) is 0 Å². The van der Waals surface area contributed by atoms with Crippen LogP contribution in [-0.4, -0.2) is 19.6 Å². The first-order valence-corrected chi connectivity index (χ1v) is 4.64. The average Bonchev–Trinajstić information content (AvgIpc) is 2.25. The Kier molecular flexibility index (Phi) is 3.82. The van der Waals surface area contributed by atoms with Crippen LogP contribution in [0.2, 0.25) is 0 Å². The van der Waals surface area contributed by atoms with Crippen molar-refractivity contribution >= 4 is 11.6 Å². The number of nitrogen functional groups attached to an aromatic ring is 1. The van der Waals surface area contributed by atoms with Crippen LogP contribution in [0.15, 0.2) is 18.2 Å². The smallest absolute Gasteiger partial charge is 0.416 e. The lowest BCUT2D eigenvalue weighted by Gasteiger charge is -2.11. The molecule has 1 rings (SSSR count). The zero-order valence-electron chi connectivity index (χ0n) is 8.97. The summed E-state index contributed by atoms with van der Waals surface area (Å²) in [6.45, 7) is -0.300. The summed E-state index contributed by atoms with van der Waals surface area (Å²) in [4.78, 5) is 10.9. The second-order valence-corrected chi connectivity index (χ2v) is 3.21. The molecule has 7 heteroatoms.